The summed E-state index contributed by atoms with van der Waals surface area (Å²) < 4.78 is 25.0. The van der Waals surface area contributed by atoms with Crippen LogP contribution in [0.15, 0.2) is 0 Å². The molecule has 6 nitrogen and oxygen atoms in total. The highest BCUT2D eigenvalue weighted by Gasteiger charge is 2.31. The Morgan fingerprint density at radius 2 is 2.00 bits per heavy atom. The molecular formula is C12H23N3O3S. The third-order valence-corrected chi connectivity index (χ3v) is 4.53. The van der Waals surface area contributed by atoms with Crippen LogP contribution in [0.1, 0.15) is 32.6 Å². The molecule has 2 aliphatic rings. The number of hydrogen-bond donors (Lipinski definition) is 2. The lowest BCUT2D eigenvalue weighted by Crippen LogP contribution is -2.53. The quantitative estimate of drug-likeness (QED) is 0.791. The lowest BCUT2D eigenvalue weighted by atomic mass is 10.1. The summed E-state index contributed by atoms with van der Waals surface area (Å²) in [5, 5.41) is 3.00. The van der Waals surface area contributed by atoms with Crippen molar-refractivity contribution in [3.63, 3.8) is 0 Å². The van der Waals surface area contributed by atoms with Crippen LogP contribution in [-0.4, -0.2) is 50.8 Å². The van der Waals surface area contributed by atoms with E-state index in [4.69, 9.17) is 0 Å². The molecule has 2 amide bonds. The number of carbonyl (C=O) groups is 1. The first-order valence-electron chi connectivity index (χ1n) is 6.88. The molecule has 2 rings (SSSR count). The van der Waals surface area contributed by atoms with Crippen LogP contribution < -0.4 is 10.0 Å². The Morgan fingerprint density at radius 3 is 2.58 bits per heavy atom. The second kappa shape index (κ2) is 5.66. The third kappa shape index (κ3) is 4.65. The number of sulfonamides is 1. The van der Waals surface area contributed by atoms with Gasteiger partial charge in [0, 0.05) is 25.2 Å². The van der Waals surface area contributed by atoms with Gasteiger partial charge in [-0.05, 0) is 38.5 Å². The van der Waals surface area contributed by atoms with Gasteiger partial charge < -0.3 is 10.2 Å². The molecule has 0 aromatic heterocycles. The van der Waals surface area contributed by atoms with E-state index in [1.165, 1.54) is 12.8 Å². The van der Waals surface area contributed by atoms with Gasteiger partial charge in [0.2, 0.25) is 10.0 Å². The van der Waals surface area contributed by atoms with Crippen molar-refractivity contribution >= 4 is 16.1 Å². The van der Waals surface area contributed by atoms with Crippen LogP contribution in [0.25, 0.3) is 0 Å². The predicted molar refractivity (Wildman–Crippen MR) is 73.3 cm³/mol. The Morgan fingerprint density at radius 1 is 1.32 bits per heavy atom. The molecule has 1 heterocycles. The van der Waals surface area contributed by atoms with E-state index >= 15 is 0 Å². The van der Waals surface area contributed by atoms with Crippen LogP contribution in [0.3, 0.4) is 0 Å². The van der Waals surface area contributed by atoms with Crippen molar-refractivity contribution in [2.24, 2.45) is 5.92 Å². The molecule has 1 saturated carbocycles. The average Bonchev–Trinajstić information content (AvgIpc) is 3.10. The number of hydrogen-bond acceptors (Lipinski definition) is 3. The summed E-state index contributed by atoms with van der Waals surface area (Å²) in [6.07, 6.45) is 5.16. The minimum absolute atomic E-state index is 0.0700. The summed E-state index contributed by atoms with van der Waals surface area (Å²) in [5.74, 6) is 0.624. The molecule has 19 heavy (non-hydrogen) atoms. The zero-order chi connectivity index (χ0) is 14.0. The highest BCUT2D eigenvalue weighted by molar-refractivity contribution is 7.88. The topological polar surface area (TPSA) is 78.5 Å². The van der Waals surface area contributed by atoms with Gasteiger partial charge in [-0.2, -0.15) is 0 Å². The second-order valence-corrected chi connectivity index (χ2v) is 7.53. The molecule has 0 spiro atoms. The number of carbonyl (C=O) groups excluding carboxylic acids is 1. The SMILES string of the molecule is C[C@H](NC(=O)N1CCC[C@H](NS(C)(=O)=O)C1)C1CC1. The van der Waals surface area contributed by atoms with E-state index in [1.807, 2.05) is 6.92 Å². The largest absolute Gasteiger partial charge is 0.335 e. The van der Waals surface area contributed by atoms with E-state index in [1.54, 1.807) is 4.90 Å². The lowest BCUT2D eigenvalue weighted by molar-refractivity contribution is 0.173. The van der Waals surface area contributed by atoms with E-state index in [0.29, 0.717) is 19.0 Å². The third-order valence-electron chi connectivity index (χ3n) is 3.77. The molecule has 110 valence electrons. The van der Waals surface area contributed by atoms with Crippen LogP contribution in [0.4, 0.5) is 4.79 Å². The summed E-state index contributed by atoms with van der Waals surface area (Å²) in [4.78, 5) is 13.8. The van der Waals surface area contributed by atoms with Crippen LogP contribution in [0.5, 0.6) is 0 Å². The molecule has 2 atom stereocenters. The van der Waals surface area contributed by atoms with Crippen LogP contribution in [-0.2, 0) is 10.0 Å². The zero-order valence-corrected chi connectivity index (χ0v) is 12.4. The molecule has 0 aromatic rings. The number of nitrogens with one attached hydrogen (secondary N) is 2. The van der Waals surface area contributed by atoms with Gasteiger partial charge in [-0.25, -0.2) is 17.9 Å². The monoisotopic (exact) mass is 289 g/mol. The van der Waals surface area contributed by atoms with Gasteiger partial charge in [0.15, 0.2) is 0 Å². The average molecular weight is 289 g/mol. The van der Waals surface area contributed by atoms with Crippen molar-refractivity contribution in [2.75, 3.05) is 19.3 Å². The molecule has 1 aliphatic heterocycles. The summed E-state index contributed by atoms with van der Waals surface area (Å²) in [6, 6.07) is -0.0131. The van der Waals surface area contributed by atoms with Gasteiger partial charge in [-0.3, -0.25) is 0 Å². The zero-order valence-electron chi connectivity index (χ0n) is 11.6. The van der Waals surface area contributed by atoms with Crippen molar-refractivity contribution in [2.45, 2.75) is 44.7 Å². The molecule has 0 radical (unpaired) electrons. The molecule has 2 fully saturated rings. The Bertz CT molecular complexity index is 434. The van der Waals surface area contributed by atoms with Crippen molar-refractivity contribution in [1.29, 1.82) is 0 Å². The van der Waals surface area contributed by atoms with Crippen molar-refractivity contribution < 1.29 is 13.2 Å². The minimum Gasteiger partial charge on any atom is -0.335 e. The van der Waals surface area contributed by atoms with Crippen LogP contribution in [0.2, 0.25) is 0 Å². The maximum absolute atomic E-state index is 12.1. The fraction of sp³-hybridized carbons (Fsp3) is 0.917. The van der Waals surface area contributed by atoms with Gasteiger partial charge in [0.1, 0.15) is 0 Å². The van der Waals surface area contributed by atoms with E-state index in [2.05, 4.69) is 10.0 Å². The lowest BCUT2D eigenvalue weighted by Gasteiger charge is -2.33. The number of amides is 2. The minimum atomic E-state index is -3.21. The van der Waals surface area contributed by atoms with Crippen LogP contribution >= 0.6 is 0 Å². The fourth-order valence-electron chi connectivity index (χ4n) is 2.56. The number of piperidine rings is 1. The van der Waals surface area contributed by atoms with Crippen molar-refractivity contribution in [3.05, 3.63) is 0 Å². The van der Waals surface area contributed by atoms with E-state index in [0.717, 1.165) is 19.1 Å². The molecule has 0 unspecified atom stereocenters. The molecular weight excluding hydrogens is 266 g/mol. The van der Waals surface area contributed by atoms with Gasteiger partial charge in [-0.15, -0.1) is 0 Å². The first-order chi connectivity index (χ1) is 8.85. The molecule has 2 N–H and O–H groups in total. The normalized spacial score (nSPS) is 26.0. The van der Waals surface area contributed by atoms with Gasteiger partial charge >= 0.3 is 6.03 Å². The van der Waals surface area contributed by atoms with Gasteiger partial charge in [0.05, 0.1) is 6.26 Å². The Balaban J connectivity index is 1.84. The number of nitrogens with zero attached hydrogens (tertiary/aromatic N) is 1. The van der Waals surface area contributed by atoms with Gasteiger partial charge in [0.25, 0.3) is 0 Å². The highest BCUT2D eigenvalue weighted by atomic mass is 32.2. The Labute approximate surface area is 115 Å². The maximum atomic E-state index is 12.1. The Hall–Kier alpha value is -0.820. The number of urea groups is 1. The molecule has 1 aliphatic carbocycles. The van der Waals surface area contributed by atoms with Crippen molar-refractivity contribution in [1.82, 2.24) is 14.9 Å². The highest BCUT2D eigenvalue weighted by Crippen LogP contribution is 2.32. The summed E-state index contributed by atoms with van der Waals surface area (Å²) >= 11 is 0. The Kier molecular flexibility index (Phi) is 4.35. The molecule has 0 bridgehead atoms. The first-order valence-corrected chi connectivity index (χ1v) is 8.77. The number of likely N-dealkylation sites (tertiary alicyclic amines) is 1. The second-order valence-electron chi connectivity index (χ2n) is 5.75. The summed E-state index contributed by atoms with van der Waals surface area (Å²) in [6.45, 7) is 3.19. The summed E-state index contributed by atoms with van der Waals surface area (Å²) in [7, 11) is -3.21. The van der Waals surface area contributed by atoms with Crippen LogP contribution in [0, 0.1) is 5.92 Å². The first kappa shape index (κ1) is 14.6. The van der Waals surface area contributed by atoms with E-state index in [9.17, 15) is 13.2 Å². The summed E-state index contributed by atoms with van der Waals surface area (Å²) in [5.41, 5.74) is 0. The van der Waals surface area contributed by atoms with Crippen molar-refractivity contribution in [3.8, 4) is 0 Å². The van der Waals surface area contributed by atoms with E-state index in [-0.39, 0.29) is 18.1 Å². The molecule has 7 heteroatoms. The standard InChI is InChI=1S/C12H23N3O3S/c1-9(10-5-6-10)13-12(16)15-7-3-4-11(8-15)14-19(2,17)18/h9-11,14H,3-8H2,1-2H3,(H,13,16)/t9-,11-/m0/s1. The smallest absolute Gasteiger partial charge is 0.317 e. The van der Waals surface area contributed by atoms with Gasteiger partial charge in [-0.1, -0.05) is 0 Å². The number of rotatable bonds is 4. The molecule has 0 aromatic carbocycles. The van der Waals surface area contributed by atoms with E-state index < -0.39 is 10.0 Å². The predicted octanol–water partition coefficient (Wildman–Crippen LogP) is 0.508. The molecule has 1 saturated heterocycles. The fourth-order valence-corrected chi connectivity index (χ4v) is 3.36. The maximum Gasteiger partial charge on any atom is 0.317 e.